The summed E-state index contributed by atoms with van der Waals surface area (Å²) in [4.78, 5) is 27.9. The molecule has 1 aliphatic heterocycles. The fourth-order valence-electron chi connectivity index (χ4n) is 3.38. The number of hydrogen-bond donors (Lipinski definition) is 3. The zero-order chi connectivity index (χ0) is 22.2. The number of urea groups is 1. The number of anilines is 1. The summed E-state index contributed by atoms with van der Waals surface area (Å²) in [7, 11) is 0. The molecule has 0 saturated carbocycles. The Morgan fingerprint density at radius 3 is 2.10 bits per heavy atom. The summed E-state index contributed by atoms with van der Waals surface area (Å²) in [5, 5.41) is 21.2. The molecule has 1 heterocycles. The fraction of sp³-hybridized carbons (Fsp3) is 0.333. The summed E-state index contributed by atoms with van der Waals surface area (Å²) < 4.78 is 0. The zero-order valence-electron chi connectivity index (χ0n) is 17.5. The van der Waals surface area contributed by atoms with Gasteiger partial charge in [-0.15, -0.1) is 0 Å². The number of carbonyl (C=O) groups is 2. The maximum absolute atomic E-state index is 12.4. The fourth-order valence-corrected chi connectivity index (χ4v) is 3.38. The molecule has 1 aliphatic rings. The molecule has 0 unspecified atom stereocenters. The lowest BCUT2D eigenvalue weighted by Crippen LogP contribution is -2.57. The number of benzene rings is 2. The molecule has 2 aromatic carbocycles. The quantitative estimate of drug-likeness (QED) is 0.632. The lowest BCUT2D eigenvalue weighted by molar-refractivity contribution is -0.125. The zero-order valence-corrected chi connectivity index (χ0v) is 17.5. The average Bonchev–Trinajstić information content (AvgIpc) is 2.81. The molecule has 3 N–H and O–H groups in total. The molecule has 7 heteroatoms. The van der Waals surface area contributed by atoms with Crippen LogP contribution in [0.2, 0.25) is 0 Å². The van der Waals surface area contributed by atoms with Crippen molar-refractivity contribution in [1.29, 1.82) is 0 Å². The molecule has 31 heavy (non-hydrogen) atoms. The van der Waals surface area contributed by atoms with Gasteiger partial charge in [-0.3, -0.25) is 4.79 Å². The summed E-state index contributed by atoms with van der Waals surface area (Å²) in [5.41, 5.74) is 2.96. The van der Waals surface area contributed by atoms with Gasteiger partial charge in [-0.1, -0.05) is 30.0 Å². The average molecular weight is 421 g/mol. The van der Waals surface area contributed by atoms with Gasteiger partial charge < -0.3 is 25.3 Å². The smallest absolute Gasteiger partial charge is 0.318 e. The summed E-state index contributed by atoms with van der Waals surface area (Å²) in [6.07, 6.45) is -1.08. The monoisotopic (exact) mass is 421 g/mol. The van der Waals surface area contributed by atoms with Crippen molar-refractivity contribution >= 4 is 17.5 Å². The van der Waals surface area contributed by atoms with Crippen LogP contribution in [0.1, 0.15) is 18.1 Å². The van der Waals surface area contributed by atoms with E-state index in [4.69, 9.17) is 5.11 Å². The number of rotatable bonds is 5. The highest BCUT2D eigenvalue weighted by Crippen LogP contribution is 2.17. The number of ketones is 1. The molecule has 3 rings (SSSR count). The Kier molecular flexibility index (Phi) is 7.65. The molecule has 0 aromatic heterocycles. The molecule has 0 bridgehead atoms. The standard InChI is InChI=1S/C24H27N3O4/c1-18(29)23(22(30)17-28)25-24(31)27-15-13-26(14-16-27)21-11-9-20(10-12-21)8-7-19-5-3-2-4-6-19/h2-6,9-12,18,23,28-29H,13-17H2,1H3,(H,25,31)/t18-,23+/m1/s1. The van der Waals surface area contributed by atoms with Crippen LogP contribution in [0.15, 0.2) is 54.6 Å². The van der Waals surface area contributed by atoms with Crippen LogP contribution in [-0.2, 0) is 4.79 Å². The van der Waals surface area contributed by atoms with Gasteiger partial charge in [0.1, 0.15) is 12.6 Å². The van der Waals surface area contributed by atoms with Crippen LogP contribution in [0.5, 0.6) is 0 Å². The molecular formula is C24H27N3O4. The topological polar surface area (TPSA) is 93.1 Å². The third-order valence-electron chi connectivity index (χ3n) is 5.19. The van der Waals surface area contributed by atoms with Crippen LogP contribution < -0.4 is 10.2 Å². The number of Topliss-reactive ketones (excluding diaryl/α,β-unsaturated/α-hetero) is 1. The first-order chi connectivity index (χ1) is 15.0. The molecule has 2 atom stereocenters. The molecule has 2 aromatic rings. The molecule has 0 spiro atoms. The van der Waals surface area contributed by atoms with E-state index in [2.05, 4.69) is 22.1 Å². The number of nitrogens with one attached hydrogen (secondary N) is 1. The third kappa shape index (κ3) is 6.07. The van der Waals surface area contributed by atoms with Crippen molar-refractivity contribution in [2.75, 3.05) is 37.7 Å². The molecule has 1 fully saturated rings. The van der Waals surface area contributed by atoms with Crippen molar-refractivity contribution < 1.29 is 19.8 Å². The van der Waals surface area contributed by atoms with E-state index in [0.717, 1.165) is 16.8 Å². The second kappa shape index (κ2) is 10.6. The number of amides is 2. The van der Waals surface area contributed by atoms with Crippen LogP contribution in [0.4, 0.5) is 10.5 Å². The van der Waals surface area contributed by atoms with E-state index in [0.29, 0.717) is 26.2 Å². The molecule has 0 radical (unpaired) electrons. The van der Waals surface area contributed by atoms with Crippen LogP contribution >= 0.6 is 0 Å². The first-order valence-corrected chi connectivity index (χ1v) is 10.3. The first kappa shape index (κ1) is 22.3. The largest absolute Gasteiger partial charge is 0.391 e. The van der Waals surface area contributed by atoms with Crippen molar-refractivity contribution in [2.24, 2.45) is 0 Å². The van der Waals surface area contributed by atoms with Crippen molar-refractivity contribution in [3.63, 3.8) is 0 Å². The summed E-state index contributed by atoms with van der Waals surface area (Å²) in [6, 6.07) is 16.3. The SMILES string of the molecule is C[C@@H](O)[C@H](NC(=O)N1CCN(c2ccc(C#Cc3ccccc3)cc2)CC1)C(=O)CO. The maximum Gasteiger partial charge on any atom is 0.318 e. The highest BCUT2D eigenvalue weighted by atomic mass is 16.3. The van der Waals surface area contributed by atoms with Crippen molar-refractivity contribution in [1.82, 2.24) is 10.2 Å². The van der Waals surface area contributed by atoms with Gasteiger partial charge >= 0.3 is 6.03 Å². The van der Waals surface area contributed by atoms with Crippen LogP contribution in [0, 0.1) is 11.8 Å². The Morgan fingerprint density at radius 2 is 1.55 bits per heavy atom. The minimum Gasteiger partial charge on any atom is -0.391 e. The van der Waals surface area contributed by atoms with Gasteiger partial charge in [-0.2, -0.15) is 0 Å². The lowest BCUT2D eigenvalue weighted by atomic mass is 10.1. The van der Waals surface area contributed by atoms with Crippen molar-refractivity contribution in [3.8, 4) is 11.8 Å². The van der Waals surface area contributed by atoms with Crippen molar-refractivity contribution in [2.45, 2.75) is 19.1 Å². The summed E-state index contributed by atoms with van der Waals surface area (Å²) in [6.45, 7) is 2.95. The van der Waals surface area contributed by atoms with E-state index in [1.54, 1.807) is 4.90 Å². The Hall–Kier alpha value is -3.34. The summed E-state index contributed by atoms with van der Waals surface area (Å²) in [5.74, 6) is 5.69. The van der Waals surface area contributed by atoms with Gasteiger partial charge in [0.25, 0.3) is 0 Å². The van der Waals surface area contributed by atoms with E-state index in [1.165, 1.54) is 6.92 Å². The van der Waals surface area contributed by atoms with E-state index in [-0.39, 0.29) is 0 Å². The van der Waals surface area contributed by atoms with Gasteiger partial charge in [0.15, 0.2) is 5.78 Å². The molecular weight excluding hydrogens is 394 g/mol. The third-order valence-corrected chi connectivity index (χ3v) is 5.19. The normalized spacial score (nSPS) is 15.5. The molecule has 1 saturated heterocycles. The minimum atomic E-state index is -1.11. The predicted octanol–water partition coefficient (Wildman–Crippen LogP) is 1.23. The molecule has 7 nitrogen and oxygen atoms in total. The van der Waals surface area contributed by atoms with Gasteiger partial charge in [0.05, 0.1) is 6.10 Å². The number of aliphatic hydroxyl groups excluding tert-OH is 2. The Bertz CT molecular complexity index is 940. The first-order valence-electron chi connectivity index (χ1n) is 10.3. The van der Waals surface area contributed by atoms with Gasteiger partial charge in [0, 0.05) is 43.0 Å². The van der Waals surface area contributed by atoms with Crippen LogP contribution in [-0.4, -0.2) is 71.9 Å². The minimum absolute atomic E-state index is 0.418. The Labute approximate surface area is 182 Å². The number of hydrogen-bond acceptors (Lipinski definition) is 5. The highest BCUT2D eigenvalue weighted by molar-refractivity contribution is 5.89. The second-order valence-corrected chi connectivity index (χ2v) is 7.43. The second-order valence-electron chi connectivity index (χ2n) is 7.43. The van der Waals surface area contributed by atoms with Gasteiger partial charge in [0.2, 0.25) is 0 Å². The van der Waals surface area contributed by atoms with E-state index >= 15 is 0 Å². The Balaban J connectivity index is 1.54. The predicted molar refractivity (Wildman–Crippen MR) is 119 cm³/mol. The lowest BCUT2D eigenvalue weighted by Gasteiger charge is -2.36. The maximum atomic E-state index is 12.4. The molecule has 2 amide bonds. The van der Waals surface area contributed by atoms with Crippen LogP contribution in [0.25, 0.3) is 0 Å². The summed E-state index contributed by atoms with van der Waals surface area (Å²) >= 11 is 0. The molecule has 0 aliphatic carbocycles. The van der Waals surface area contributed by atoms with Crippen LogP contribution in [0.3, 0.4) is 0 Å². The number of nitrogens with zero attached hydrogens (tertiary/aromatic N) is 2. The van der Waals surface area contributed by atoms with E-state index < -0.39 is 30.6 Å². The Morgan fingerprint density at radius 1 is 0.968 bits per heavy atom. The van der Waals surface area contributed by atoms with Gasteiger partial charge in [-0.25, -0.2) is 4.79 Å². The molecule has 162 valence electrons. The van der Waals surface area contributed by atoms with Gasteiger partial charge in [-0.05, 0) is 43.3 Å². The van der Waals surface area contributed by atoms with E-state index in [9.17, 15) is 14.7 Å². The van der Waals surface area contributed by atoms with Crippen molar-refractivity contribution in [3.05, 3.63) is 65.7 Å². The number of aliphatic hydroxyl groups is 2. The number of piperazine rings is 1. The number of carbonyl (C=O) groups excluding carboxylic acids is 2. The van der Waals surface area contributed by atoms with E-state index in [1.807, 2.05) is 54.6 Å². The highest BCUT2D eigenvalue weighted by Gasteiger charge is 2.28.